The molecule has 32 heavy (non-hydrogen) atoms. The van der Waals surface area contributed by atoms with E-state index in [1.54, 1.807) is 0 Å². The van der Waals surface area contributed by atoms with Crippen molar-refractivity contribution in [2.45, 2.75) is 39.9 Å². The Bertz CT molecular complexity index is 1170. The molecule has 0 spiro atoms. The van der Waals surface area contributed by atoms with Crippen LogP contribution in [0.25, 0.3) is 11.1 Å². The van der Waals surface area contributed by atoms with Gasteiger partial charge in [0.1, 0.15) is 0 Å². The van der Waals surface area contributed by atoms with Gasteiger partial charge in [-0.15, -0.1) is 0 Å². The third-order valence-electron chi connectivity index (χ3n) is 5.81. The molecule has 0 saturated carbocycles. The minimum absolute atomic E-state index is 0.0583. The average Bonchev–Trinajstić information content (AvgIpc) is 3.24. The molecule has 0 unspecified atom stereocenters. The lowest BCUT2D eigenvalue weighted by Gasteiger charge is -2.27. The first-order valence-electron chi connectivity index (χ1n) is 11.2. The number of amides is 1. The summed E-state index contributed by atoms with van der Waals surface area (Å²) in [6.07, 6.45) is 2.09. The maximum atomic E-state index is 13.4. The number of carbonyl (C=O) groups excluding carboxylic acids is 1. The summed E-state index contributed by atoms with van der Waals surface area (Å²) in [6.45, 7) is 7.64. The third kappa shape index (κ3) is 5.00. The highest BCUT2D eigenvalue weighted by Crippen LogP contribution is 2.21. The normalized spacial score (nSPS) is 11.0. The van der Waals surface area contributed by atoms with Crippen LogP contribution in [0.4, 0.5) is 0 Å². The Labute approximate surface area is 190 Å². The third-order valence-corrected chi connectivity index (χ3v) is 5.81. The molecule has 3 heteroatoms. The number of hydrogen-bond acceptors (Lipinski definition) is 1. The minimum Gasteiger partial charge on any atom is -0.345 e. The second kappa shape index (κ2) is 9.69. The zero-order valence-electron chi connectivity index (χ0n) is 19.0. The molecule has 0 aliphatic carbocycles. The lowest BCUT2D eigenvalue weighted by Crippen LogP contribution is -2.37. The van der Waals surface area contributed by atoms with Gasteiger partial charge in [-0.25, -0.2) is 0 Å². The van der Waals surface area contributed by atoms with Crippen molar-refractivity contribution in [2.24, 2.45) is 0 Å². The van der Waals surface area contributed by atoms with Gasteiger partial charge < -0.3 is 9.47 Å². The summed E-state index contributed by atoms with van der Waals surface area (Å²) in [5.41, 5.74) is 6.65. The van der Waals surface area contributed by atoms with E-state index in [1.807, 2.05) is 47.4 Å². The van der Waals surface area contributed by atoms with Gasteiger partial charge >= 0.3 is 0 Å². The molecule has 0 bridgehead atoms. The van der Waals surface area contributed by atoms with Gasteiger partial charge in [-0.05, 0) is 61.7 Å². The Kier molecular flexibility index (Phi) is 6.55. The van der Waals surface area contributed by atoms with E-state index in [0.717, 1.165) is 28.9 Å². The first kappa shape index (κ1) is 21.6. The molecule has 0 N–H and O–H groups in total. The highest BCUT2D eigenvalue weighted by molar-refractivity contribution is 5.94. The monoisotopic (exact) mass is 422 g/mol. The maximum absolute atomic E-state index is 13.4. The predicted octanol–water partition coefficient (Wildman–Crippen LogP) is 6.56. The van der Waals surface area contributed by atoms with Crippen LogP contribution in [0.1, 0.15) is 41.0 Å². The van der Waals surface area contributed by atoms with Crippen molar-refractivity contribution in [2.75, 3.05) is 0 Å². The molecular weight excluding hydrogens is 392 g/mol. The lowest BCUT2D eigenvalue weighted by atomic mass is 10.0. The Balaban J connectivity index is 1.52. The number of hydrogen-bond donors (Lipinski definition) is 0. The van der Waals surface area contributed by atoms with Crippen LogP contribution < -0.4 is 0 Å². The lowest BCUT2D eigenvalue weighted by molar-refractivity contribution is 0.0686. The summed E-state index contributed by atoms with van der Waals surface area (Å²) in [5, 5.41) is 0. The fraction of sp³-hybridized carbons (Fsp3) is 0.207. The second-order valence-electron chi connectivity index (χ2n) is 8.59. The van der Waals surface area contributed by atoms with E-state index in [-0.39, 0.29) is 11.9 Å². The average molecular weight is 423 g/mol. The molecule has 1 aromatic heterocycles. The highest BCUT2D eigenvalue weighted by Gasteiger charge is 2.20. The molecule has 3 nitrogen and oxygen atoms in total. The number of aryl methyl sites for hydroxylation is 1. The van der Waals surface area contributed by atoms with Crippen LogP contribution in [-0.4, -0.2) is 21.4 Å². The molecule has 1 amide bonds. The molecule has 0 radical (unpaired) electrons. The van der Waals surface area contributed by atoms with Crippen LogP contribution in [-0.2, 0) is 13.1 Å². The summed E-state index contributed by atoms with van der Waals surface area (Å²) in [6, 6.07) is 31.0. The van der Waals surface area contributed by atoms with Crippen LogP contribution in [0.5, 0.6) is 0 Å². The first-order valence-corrected chi connectivity index (χ1v) is 11.2. The van der Waals surface area contributed by atoms with Crippen molar-refractivity contribution in [1.82, 2.24) is 9.47 Å². The summed E-state index contributed by atoms with van der Waals surface area (Å²) in [4.78, 5) is 15.3. The Hall–Kier alpha value is -3.59. The van der Waals surface area contributed by atoms with Gasteiger partial charge in [-0.1, -0.05) is 72.3 Å². The molecule has 0 fully saturated rings. The van der Waals surface area contributed by atoms with Crippen LogP contribution in [0.2, 0.25) is 0 Å². The Morgan fingerprint density at radius 2 is 1.56 bits per heavy atom. The largest absolute Gasteiger partial charge is 0.345 e. The quantitative estimate of drug-likeness (QED) is 0.331. The summed E-state index contributed by atoms with van der Waals surface area (Å²) in [5.74, 6) is 0.0583. The molecule has 4 rings (SSSR count). The van der Waals surface area contributed by atoms with Crippen molar-refractivity contribution >= 4 is 5.91 Å². The molecule has 0 aliphatic heterocycles. The number of carbonyl (C=O) groups is 1. The number of benzene rings is 3. The van der Waals surface area contributed by atoms with Crippen molar-refractivity contribution in [3.8, 4) is 11.1 Å². The van der Waals surface area contributed by atoms with E-state index in [1.165, 1.54) is 11.1 Å². The minimum atomic E-state index is 0.0583. The van der Waals surface area contributed by atoms with E-state index < -0.39 is 0 Å². The molecule has 4 aromatic rings. The van der Waals surface area contributed by atoms with Gasteiger partial charge in [-0.2, -0.15) is 0 Å². The van der Waals surface area contributed by atoms with Gasteiger partial charge in [-0.3, -0.25) is 4.79 Å². The fourth-order valence-corrected chi connectivity index (χ4v) is 4.02. The van der Waals surface area contributed by atoms with E-state index in [4.69, 9.17) is 0 Å². The van der Waals surface area contributed by atoms with Gasteiger partial charge in [0.15, 0.2) is 0 Å². The van der Waals surface area contributed by atoms with E-state index in [9.17, 15) is 4.79 Å². The van der Waals surface area contributed by atoms with Gasteiger partial charge in [0.2, 0.25) is 0 Å². The van der Waals surface area contributed by atoms with Crippen molar-refractivity contribution in [1.29, 1.82) is 0 Å². The summed E-state index contributed by atoms with van der Waals surface area (Å²) in [7, 11) is 0. The summed E-state index contributed by atoms with van der Waals surface area (Å²) >= 11 is 0. The molecule has 162 valence electrons. The van der Waals surface area contributed by atoms with E-state index in [2.05, 4.69) is 80.1 Å². The van der Waals surface area contributed by atoms with E-state index >= 15 is 0 Å². The molecule has 1 heterocycles. The van der Waals surface area contributed by atoms with Crippen LogP contribution >= 0.6 is 0 Å². The van der Waals surface area contributed by atoms with Crippen molar-refractivity contribution in [3.63, 3.8) is 0 Å². The predicted molar refractivity (Wildman–Crippen MR) is 132 cm³/mol. The maximum Gasteiger partial charge on any atom is 0.254 e. The number of rotatable bonds is 7. The number of nitrogens with zero attached hydrogens (tertiary/aromatic N) is 2. The molecule has 0 saturated heterocycles. The highest BCUT2D eigenvalue weighted by atomic mass is 16.2. The van der Waals surface area contributed by atoms with Crippen LogP contribution in [0.3, 0.4) is 0 Å². The van der Waals surface area contributed by atoms with Gasteiger partial charge in [0, 0.05) is 30.0 Å². The van der Waals surface area contributed by atoms with E-state index in [0.29, 0.717) is 6.54 Å². The van der Waals surface area contributed by atoms with Crippen LogP contribution in [0.15, 0.2) is 97.2 Å². The summed E-state index contributed by atoms with van der Waals surface area (Å²) < 4.78 is 2.23. The van der Waals surface area contributed by atoms with Crippen LogP contribution in [0, 0.1) is 6.92 Å². The standard InChI is InChI=1S/C29H30N2O/c1-22(2)31(21-28-13-8-18-30(28)20-24-10-7-9-23(3)19-24)29(32)27-16-14-26(15-17-27)25-11-5-4-6-12-25/h4-19,22H,20-21H2,1-3H3. The zero-order chi connectivity index (χ0) is 22.5. The Morgan fingerprint density at radius 3 is 2.25 bits per heavy atom. The Morgan fingerprint density at radius 1 is 0.844 bits per heavy atom. The molecular formula is C29H30N2O. The molecule has 3 aromatic carbocycles. The molecule has 0 atom stereocenters. The molecule has 0 aliphatic rings. The van der Waals surface area contributed by atoms with Gasteiger partial charge in [0.25, 0.3) is 5.91 Å². The second-order valence-corrected chi connectivity index (χ2v) is 8.59. The zero-order valence-corrected chi connectivity index (χ0v) is 19.0. The van der Waals surface area contributed by atoms with Crippen molar-refractivity contribution < 1.29 is 4.79 Å². The van der Waals surface area contributed by atoms with Crippen molar-refractivity contribution in [3.05, 3.63) is 120 Å². The smallest absolute Gasteiger partial charge is 0.254 e. The SMILES string of the molecule is Cc1cccc(Cn2cccc2CN(C(=O)c2ccc(-c3ccccc3)cc2)C(C)C)c1. The number of aromatic nitrogens is 1. The van der Waals surface area contributed by atoms with Gasteiger partial charge in [0.05, 0.1) is 6.54 Å². The first-order chi connectivity index (χ1) is 15.5. The topological polar surface area (TPSA) is 25.2 Å². The fourth-order valence-electron chi connectivity index (χ4n) is 4.02.